The smallest absolute Gasteiger partial charge is 0.257 e. The van der Waals surface area contributed by atoms with Crippen molar-refractivity contribution in [3.8, 4) is 5.75 Å². The van der Waals surface area contributed by atoms with Crippen molar-refractivity contribution in [2.45, 2.75) is 69.2 Å². The van der Waals surface area contributed by atoms with Crippen LogP contribution in [0.2, 0.25) is 0 Å². The Bertz CT molecular complexity index is 1110. The van der Waals surface area contributed by atoms with Crippen LogP contribution in [0.3, 0.4) is 0 Å². The lowest BCUT2D eigenvalue weighted by molar-refractivity contribution is 0.0758. The number of nitrogens with zero attached hydrogens (tertiary/aromatic N) is 1. The second kappa shape index (κ2) is 10.3. The van der Waals surface area contributed by atoms with E-state index in [-0.39, 0.29) is 16.8 Å². The van der Waals surface area contributed by atoms with Crippen molar-refractivity contribution < 1.29 is 17.9 Å². The molecule has 7 heteroatoms. The molecule has 0 unspecified atom stereocenters. The zero-order valence-electron chi connectivity index (χ0n) is 19.6. The van der Waals surface area contributed by atoms with E-state index in [0.29, 0.717) is 24.4 Å². The van der Waals surface area contributed by atoms with Crippen LogP contribution in [0.15, 0.2) is 41.3 Å². The number of hydrogen-bond acceptors (Lipinski definition) is 4. The van der Waals surface area contributed by atoms with Crippen molar-refractivity contribution in [3.63, 3.8) is 0 Å². The number of benzene rings is 2. The first-order valence-corrected chi connectivity index (χ1v) is 13.5. The quantitative estimate of drug-likeness (QED) is 0.668. The number of aryl methyl sites for hydroxylation is 2. The zero-order chi connectivity index (χ0) is 23.4. The van der Waals surface area contributed by atoms with Gasteiger partial charge in [0.25, 0.3) is 5.91 Å². The van der Waals surface area contributed by atoms with Crippen LogP contribution in [0.5, 0.6) is 5.75 Å². The minimum Gasteiger partial charge on any atom is -0.496 e. The number of hydrogen-bond donors (Lipinski definition) is 1. The van der Waals surface area contributed by atoms with Crippen LogP contribution in [0, 0.1) is 0 Å². The fraction of sp³-hybridized carbons (Fsp3) is 0.500. The fourth-order valence-electron chi connectivity index (χ4n) is 4.86. The highest BCUT2D eigenvalue weighted by Gasteiger charge is 2.25. The van der Waals surface area contributed by atoms with Crippen LogP contribution < -0.4 is 9.46 Å². The summed E-state index contributed by atoms with van der Waals surface area (Å²) in [7, 11) is -2.33. The molecule has 1 aliphatic carbocycles. The molecule has 1 saturated heterocycles. The first kappa shape index (κ1) is 23.8. The van der Waals surface area contributed by atoms with Crippen molar-refractivity contribution in [1.29, 1.82) is 0 Å². The molecule has 33 heavy (non-hydrogen) atoms. The van der Waals surface area contributed by atoms with Gasteiger partial charge in [-0.25, -0.2) is 13.1 Å². The highest BCUT2D eigenvalue weighted by Crippen LogP contribution is 2.28. The summed E-state index contributed by atoms with van der Waals surface area (Å²) in [4.78, 5) is 15.1. The van der Waals surface area contributed by atoms with Gasteiger partial charge < -0.3 is 9.64 Å². The van der Waals surface area contributed by atoms with Crippen LogP contribution in [0.4, 0.5) is 0 Å². The minimum absolute atomic E-state index is 0.0753. The Balaban J connectivity index is 1.57. The van der Waals surface area contributed by atoms with Crippen LogP contribution in [0.25, 0.3) is 0 Å². The number of nitrogens with one attached hydrogen (secondary N) is 1. The van der Waals surface area contributed by atoms with Gasteiger partial charge in [0, 0.05) is 19.1 Å². The second-order valence-electron chi connectivity index (χ2n) is 9.15. The normalized spacial score (nSPS) is 17.7. The van der Waals surface area contributed by atoms with Gasteiger partial charge in [-0.1, -0.05) is 31.0 Å². The van der Waals surface area contributed by atoms with Crippen LogP contribution in [-0.2, 0) is 22.9 Å². The summed E-state index contributed by atoms with van der Waals surface area (Å²) < 4.78 is 34.7. The number of ether oxygens (including phenoxy) is 1. The predicted octanol–water partition coefficient (Wildman–Crippen LogP) is 4.63. The van der Waals surface area contributed by atoms with E-state index in [4.69, 9.17) is 4.74 Å². The zero-order valence-corrected chi connectivity index (χ0v) is 20.4. The number of likely N-dealkylation sites (tertiary alicyclic amines) is 1. The molecular formula is C26H34N2O4S. The molecule has 2 aromatic carbocycles. The lowest BCUT2D eigenvalue weighted by Gasteiger charge is -2.22. The van der Waals surface area contributed by atoms with Crippen molar-refractivity contribution in [2.24, 2.45) is 0 Å². The largest absolute Gasteiger partial charge is 0.496 e. The summed E-state index contributed by atoms with van der Waals surface area (Å²) in [6.07, 6.45) is 8.68. The Morgan fingerprint density at radius 1 is 0.939 bits per heavy atom. The average Bonchev–Trinajstić information content (AvgIpc) is 3.12. The van der Waals surface area contributed by atoms with Gasteiger partial charge >= 0.3 is 0 Å². The minimum atomic E-state index is -3.82. The summed E-state index contributed by atoms with van der Waals surface area (Å²) in [6, 6.07) is 10.4. The van der Waals surface area contributed by atoms with Gasteiger partial charge in [-0.15, -0.1) is 0 Å². The molecule has 1 atom stereocenters. The monoisotopic (exact) mass is 470 g/mol. The SMILES string of the molecule is COc1ccc(S(=O)(=O)N[C@@H](C)c2ccc3c(c2)CCCC3)cc1C(=O)N1CCCCCC1. The van der Waals surface area contributed by atoms with E-state index < -0.39 is 10.0 Å². The van der Waals surface area contributed by atoms with Gasteiger partial charge in [0.05, 0.1) is 17.6 Å². The summed E-state index contributed by atoms with van der Waals surface area (Å²) in [6.45, 7) is 3.23. The number of fused-ring (bicyclic) bond motifs is 1. The molecule has 6 nitrogen and oxygen atoms in total. The van der Waals surface area contributed by atoms with Gasteiger partial charge in [-0.2, -0.15) is 0 Å². The van der Waals surface area contributed by atoms with Gasteiger partial charge in [0.1, 0.15) is 5.75 Å². The second-order valence-corrected chi connectivity index (χ2v) is 10.9. The Morgan fingerprint density at radius 2 is 1.64 bits per heavy atom. The van der Waals surface area contributed by atoms with Crippen molar-refractivity contribution in [1.82, 2.24) is 9.62 Å². The number of methoxy groups -OCH3 is 1. The summed E-state index contributed by atoms with van der Waals surface area (Å²) in [5.74, 6) is 0.222. The highest BCUT2D eigenvalue weighted by molar-refractivity contribution is 7.89. The topological polar surface area (TPSA) is 75.7 Å². The highest BCUT2D eigenvalue weighted by atomic mass is 32.2. The molecule has 2 aromatic rings. The van der Waals surface area contributed by atoms with E-state index in [1.165, 1.54) is 43.2 Å². The van der Waals surface area contributed by atoms with E-state index >= 15 is 0 Å². The molecular weight excluding hydrogens is 436 g/mol. The number of carbonyl (C=O) groups excluding carboxylic acids is 1. The maximum atomic E-state index is 13.2. The molecule has 0 aromatic heterocycles. The Kier molecular flexibility index (Phi) is 7.39. The molecule has 4 rings (SSSR count). The van der Waals surface area contributed by atoms with E-state index in [1.54, 1.807) is 6.07 Å². The number of amides is 1. The third-order valence-electron chi connectivity index (χ3n) is 6.81. The standard InChI is InChI=1S/C26H34N2O4S/c1-19(21-12-11-20-9-5-6-10-22(20)17-21)27-33(30,31)23-13-14-25(32-2)24(18-23)26(29)28-15-7-3-4-8-16-28/h11-14,17-19,27H,3-10,15-16H2,1-2H3/t19-/m0/s1. The fourth-order valence-corrected chi connectivity index (χ4v) is 6.11. The van der Waals surface area contributed by atoms with E-state index in [9.17, 15) is 13.2 Å². The van der Waals surface area contributed by atoms with E-state index in [1.807, 2.05) is 17.9 Å². The van der Waals surface area contributed by atoms with Crippen LogP contribution >= 0.6 is 0 Å². The van der Waals surface area contributed by atoms with Crippen LogP contribution in [-0.4, -0.2) is 39.4 Å². The van der Waals surface area contributed by atoms with Crippen LogP contribution in [0.1, 0.15) is 78.5 Å². The number of rotatable bonds is 6. The molecule has 0 bridgehead atoms. The van der Waals surface area contributed by atoms with Gasteiger partial charge in [0.15, 0.2) is 0 Å². The molecule has 178 valence electrons. The third-order valence-corrected chi connectivity index (χ3v) is 8.35. The Hall–Kier alpha value is -2.38. The van der Waals surface area contributed by atoms with E-state index in [0.717, 1.165) is 44.1 Å². The molecule has 0 radical (unpaired) electrons. The maximum Gasteiger partial charge on any atom is 0.257 e. The number of carbonyl (C=O) groups is 1. The maximum absolute atomic E-state index is 13.2. The molecule has 1 heterocycles. The molecule has 1 amide bonds. The molecule has 1 fully saturated rings. The van der Waals surface area contributed by atoms with Gasteiger partial charge in [0.2, 0.25) is 10.0 Å². The van der Waals surface area contributed by atoms with Gasteiger partial charge in [-0.05, 0) is 80.3 Å². The van der Waals surface area contributed by atoms with E-state index in [2.05, 4.69) is 16.9 Å². The first-order valence-electron chi connectivity index (χ1n) is 12.0. The molecule has 1 aliphatic heterocycles. The van der Waals surface area contributed by atoms with Crippen molar-refractivity contribution >= 4 is 15.9 Å². The molecule has 2 aliphatic rings. The van der Waals surface area contributed by atoms with Gasteiger partial charge in [-0.3, -0.25) is 4.79 Å². The number of sulfonamides is 1. The summed E-state index contributed by atoms with van der Waals surface area (Å²) in [5.41, 5.74) is 3.93. The lowest BCUT2D eigenvalue weighted by atomic mass is 9.89. The third kappa shape index (κ3) is 5.41. The average molecular weight is 471 g/mol. The Labute approximate surface area is 197 Å². The molecule has 0 spiro atoms. The lowest BCUT2D eigenvalue weighted by Crippen LogP contribution is -2.32. The summed E-state index contributed by atoms with van der Waals surface area (Å²) in [5, 5.41) is 0. The predicted molar refractivity (Wildman–Crippen MR) is 129 cm³/mol. The Morgan fingerprint density at radius 3 is 2.33 bits per heavy atom. The van der Waals surface area contributed by atoms with Crippen molar-refractivity contribution in [2.75, 3.05) is 20.2 Å². The first-order chi connectivity index (χ1) is 15.9. The molecule has 1 N–H and O–H groups in total. The summed E-state index contributed by atoms with van der Waals surface area (Å²) >= 11 is 0. The van der Waals surface area contributed by atoms with Crippen molar-refractivity contribution in [3.05, 3.63) is 58.7 Å². The molecule has 0 saturated carbocycles.